The summed E-state index contributed by atoms with van der Waals surface area (Å²) in [5, 5.41) is 0. The van der Waals surface area contributed by atoms with Crippen LogP contribution in [0.4, 0.5) is 0 Å². The summed E-state index contributed by atoms with van der Waals surface area (Å²) in [5.74, 6) is 0.0643. The summed E-state index contributed by atoms with van der Waals surface area (Å²) in [5.41, 5.74) is 0. The summed E-state index contributed by atoms with van der Waals surface area (Å²) in [6.07, 6.45) is 2.94. The Morgan fingerprint density at radius 2 is 0.773 bits per heavy atom. The van der Waals surface area contributed by atoms with E-state index in [0.717, 1.165) is 0 Å². The molecular weight excluding hydrogens is 288 g/mol. The Balaban J connectivity index is 4.91. The first-order valence-electron chi connectivity index (χ1n) is 7.35. The molecule has 132 valence electrons. The first kappa shape index (κ1) is 21.5. The molecule has 0 aliphatic carbocycles. The zero-order valence-corrected chi connectivity index (χ0v) is 15.1. The Bertz CT molecular complexity index is 260. The predicted octanol–water partition coefficient (Wildman–Crippen LogP) is 2.08. The average Bonchev–Trinajstić information content (AvgIpc) is 2.53. The van der Waals surface area contributed by atoms with Crippen molar-refractivity contribution in [1.29, 1.82) is 0 Å². The fourth-order valence-corrected chi connectivity index (χ4v) is 2.52. The van der Waals surface area contributed by atoms with Crippen molar-refractivity contribution in [1.82, 2.24) is 0 Å². The van der Waals surface area contributed by atoms with E-state index < -0.39 is 0 Å². The van der Waals surface area contributed by atoms with Crippen molar-refractivity contribution in [2.75, 3.05) is 42.7 Å². The molecule has 4 unspecified atom stereocenters. The van der Waals surface area contributed by atoms with E-state index in [1.165, 1.54) is 0 Å². The first-order valence-corrected chi connectivity index (χ1v) is 7.35. The minimum absolute atomic E-state index is 0.0321. The molecule has 6 nitrogen and oxygen atoms in total. The van der Waals surface area contributed by atoms with Crippen LogP contribution in [-0.2, 0) is 28.4 Å². The molecule has 0 aromatic heterocycles. The maximum Gasteiger partial charge on any atom is 0.162 e. The number of rotatable bonds is 12. The molecule has 0 spiro atoms. The number of hydrogen-bond donors (Lipinski definition) is 0. The summed E-state index contributed by atoms with van der Waals surface area (Å²) in [6, 6.07) is 0. The van der Waals surface area contributed by atoms with Gasteiger partial charge in [0.05, 0.1) is 12.2 Å². The molecule has 0 rings (SSSR count). The van der Waals surface area contributed by atoms with Crippen LogP contribution in [0.1, 0.15) is 13.8 Å². The van der Waals surface area contributed by atoms with Crippen LogP contribution in [0.3, 0.4) is 0 Å². The van der Waals surface area contributed by atoms with Crippen molar-refractivity contribution in [2.24, 2.45) is 11.8 Å². The van der Waals surface area contributed by atoms with Crippen molar-refractivity contribution in [3.8, 4) is 0 Å². The van der Waals surface area contributed by atoms with Crippen molar-refractivity contribution in [2.45, 2.75) is 38.6 Å². The molecule has 0 bridgehead atoms. The summed E-state index contributed by atoms with van der Waals surface area (Å²) in [7, 11) is 9.77. The van der Waals surface area contributed by atoms with Crippen LogP contribution < -0.4 is 0 Å². The van der Waals surface area contributed by atoms with Crippen molar-refractivity contribution >= 4 is 0 Å². The third-order valence-electron chi connectivity index (χ3n) is 3.86. The molecule has 0 aromatic rings. The lowest BCUT2D eigenvalue weighted by Gasteiger charge is -2.28. The monoisotopic (exact) mass is 320 g/mol. The van der Waals surface area contributed by atoms with Crippen molar-refractivity contribution in [3.63, 3.8) is 0 Å². The fraction of sp³-hybridized carbons (Fsp3) is 0.875. The molecule has 0 saturated heterocycles. The minimum atomic E-state index is -0.335. The second-order valence-electron chi connectivity index (χ2n) is 5.18. The number of ether oxygens (including phenoxy) is 6. The van der Waals surface area contributed by atoms with E-state index in [-0.39, 0.29) is 36.6 Å². The second kappa shape index (κ2) is 12.0. The Morgan fingerprint density at radius 3 is 0.955 bits per heavy atom. The van der Waals surface area contributed by atoms with Gasteiger partial charge in [-0.2, -0.15) is 0 Å². The third kappa shape index (κ3) is 6.32. The molecule has 0 N–H and O–H groups in total. The fourth-order valence-electron chi connectivity index (χ4n) is 2.52. The van der Waals surface area contributed by atoms with Gasteiger partial charge in [-0.25, -0.2) is 0 Å². The van der Waals surface area contributed by atoms with E-state index in [2.05, 4.69) is 0 Å². The Hall–Kier alpha value is -0.500. The van der Waals surface area contributed by atoms with Crippen LogP contribution in [0.25, 0.3) is 0 Å². The highest BCUT2D eigenvalue weighted by Crippen LogP contribution is 2.20. The molecule has 0 saturated carbocycles. The number of hydrogen-bond acceptors (Lipinski definition) is 6. The van der Waals surface area contributed by atoms with Crippen molar-refractivity contribution < 1.29 is 28.4 Å². The molecule has 0 amide bonds. The van der Waals surface area contributed by atoms with Crippen LogP contribution in [-0.4, -0.2) is 67.4 Å². The summed E-state index contributed by atoms with van der Waals surface area (Å²) in [4.78, 5) is 0. The van der Waals surface area contributed by atoms with Crippen molar-refractivity contribution in [3.05, 3.63) is 12.2 Å². The van der Waals surface area contributed by atoms with Crippen LogP contribution in [0, 0.1) is 11.8 Å². The molecule has 0 heterocycles. The molecular formula is C16H32O6. The SMILES string of the molecule is COC(C=CC(OC)C(C)C(OC)OC)C(C)C(OC)OC. The quantitative estimate of drug-likeness (QED) is 0.405. The van der Waals surface area contributed by atoms with Crippen LogP contribution in [0.2, 0.25) is 0 Å². The molecule has 6 heteroatoms. The van der Waals surface area contributed by atoms with E-state index >= 15 is 0 Å². The van der Waals surface area contributed by atoms with Gasteiger partial charge in [0.25, 0.3) is 0 Å². The average molecular weight is 320 g/mol. The molecule has 4 atom stereocenters. The van der Waals surface area contributed by atoms with Gasteiger partial charge in [0, 0.05) is 54.5 Å². The molecule has 0 aromatic carbocycles. The lowest BCUT2D eigenvalue weighted by molar-refractivity contribution is -0.155. The first-order chi connectivity index (χ1) is 10.5. The largest absolute Gasteiger partial charge is 0.377 e. The summed E-state index contributed by atoms with van der Waals surface area (Å²) < 4.78 is 32.2. The minimum Gasteiger partial charge on any atom is -0.377 e. The third-order valence-corrected chi connectivity index (χ3v) is 3.86. The van der Waals surface area contributed by atoms with Gasteiger partial charge in [-0.05, 0) is 0 Å². The Kier molecular flexibility index (Phi) is 11.7. The molecule has 0 radical (unpaired) electrons. The highest BCUT2D eigenvalue weighted by Gasteiger charge is 2.27. The van der Waals surface area contributed by atoms with Gasteiger partial charge in [0.1, 0.15) is 0 Å². The topological polar surface area (TPSA) is 55.4 Å². The van der Waals surface area contributed by atoms with Gasteiger partial charge >= 0.3 is 0 Å². The maximum atomic E-state index is 5.52. The van der Waals surface area contributed by atoms with Gasteiger partial charge in [0.15, 0.2) is 12.6 Å². The Morgan fingerprint density at radius 1 is 0.500 bits per heavy atom. The molecule has 0 aliphatic rings. The lowest BCUT2D eigenvalue weighted by Crippen LogP contribution is -2.34. The summed E-state index contributed by atoms with van der Waals surface area (Å²) in [6.45, 7) is 4.02. The second-order valence-corrected chi connectivity index (χ2v) is 5.18. The van der Waals surface area contributed by atoms with Crippen LogP contribution in [0.5, 0.6) is 0 Å². The van der Waals surface area contributed by atoms with Gasteiger partial charge in [-0.1, -0.05) is 26.0 Å². The summed E-state index contributed by atoms with van der Waals surface area (Å²) >= 11 is 0. The molecule has 0 aliphatic heterocycles. The molecule has 0 fully saturated rings. The zero-order chi connectivity index (χ0) is 17.1. The van der Waals surface area contributed by atoms with Gasteiger partial charge < -0.3 is 28.4 Å². The Labute approximate surface area is 134 Å². The van der Waals surface area contributed by atoms with Gasteiger partial charge in [-0.3, -0.25) is 0 Å². The van der Waals surface area contributed by atoms with Crippen LogP contribution in [0.15, 0.2) is 12.2 Å². The standard InChI is InChI=1S/C16H32O6/c1-11(15(19-5)20-6)13(17-3)9-10-14(18-4)12(2)16(21-7)22-8/h9-16H,1-8H3. The zero-order valence-electron chi connectivity index (χ0n) is 15.1. The van der Waals surface area contributed by atoms with Gasteiger partial charge in [0.2, 0.25) is 0 Å². The van der Waals surface area contributed by atoms with E-state index in [4.69, 9.17) is 28.4 Å². The predicted molar refractivity (Wildman–Crippen MR) is 84.7 cm³/mol. The molecule has 22 heavy (non-hydrogen) atoms. The normalized spacial score (nSPS) is 18.1. The number of methoxy groups -OCH3 is 6. The van der Waals surface area contributed by atoms with E-state index in [1.54, 1.807) is 42.7 Å². The van der Waals surface area contributed by atoms with Gasteiger partial charge in [-0.15, -0.1) is 0 Å². The highest BCUT2D eigenvalue weighted by atomic mass is 16.7. The van der Waals surface area contributed by atoms with Crippen LogP contribution >= 0.6 is 0 Å². The van der Waals surface area contributed by atoms with E-state index in [9.17, 15) is 0 Å². The smallest absolute Gasteiger partial charge is 0.162 e. The lowest BCUT2D eigenvalue weighted by atomic mass is 9.99. The maximum absolute atomic E-state index is 5.52. The van der Waals surface area contributed by atoms with E-state index in [1.807, 2.05) is 26.0 Å². The van der Waals surface area contributed by atoms with E-state index in [0.29, 0.717) is 0 Å². The highest BCUT2D eigenvalue weighted by molar-refractivity contribution is 4.99.